The van der Waals surface area contributed by atoms with Gasteiger partial charge < -0.3 is 20.1 Å². The first-order valence-corrected chi connectivity index (χ1v) is 8.55. The molecule has 1 unspecified atom stereocenters. The molecule has 0 aromatic heterocycles. The molecule has 1 aromatic rings. The summed E-state index contributed by atoms with van der Waals surface area (Å²) in [6.45, 7) is 3.60. The first-order valence-electron chi connectivity index (χ1n) is 6.66. The third kappa shape index (κ3) is 4.59. The maximum absolute atomic E-state index is 11.8. The highest BCUT2D eigenvalue weighted by atomic mass is 32.2. The van der Waals surface area contributed by atoms with Gasteiger partial charge in [-0.25, -0.2) is 8.42 Å². The number of rotatable bonds is 8. The van der Waals surface area contributed by atoms with Crippen molar-refractivity contribution in [3.05, 3.63) is 18.2 Å². The summed E-state index contributed by atoms with van der Waals surface area (Å²) >= 11 is 0. The minimum absolute atomic E-state index is 0.0438. The summed E-state index contributed by atoms with van der Waals surface area (Å²) in [5.74, 6) is 0. The molecule has 1 aromatic carbocycles. The molecule has 21 heavy (non-hydrogen) atoms. The zero-order valence-electron chi connectivity index (χ0n) is 13.0. The van der Waals surface area contributed by atoms with E-state index in [1.165, 1.54) is 6.07 Å². The normalized spacial score (nSPS) is 13.1. The standard InChI is InChI=1S/C14H24N2O4S/c1-11(10-20-3)16(8-9-19-2)12-6-5-7-13(14(12)15)21(4,17)18/h5-7,11H,8-10,15H2,1-4H3. The maximum Gasteiger partial charge on any atom is 0.177 e. The van der Waals surface area contributed by atoms with E-state index in [2.05, 4.69) is 0 Å². The van der Waals surface area contributed by atoms with Gasteiger partial charge in [0.15, 0.2) is 9.84 Å². The van der Waals surface area contributed by atoms with E-state index in [0.29, 0.717) is 25.4 Å². The van der Waals surface area contributed by atoms with E-state index in [0.717, 1.165) is 6.26 Å². The van der Waals surface area contributed by atoms with Crippen LogP contribution >= 0.6 is 0 Å². The van der Waals surface area contributed by atoms with Crippen LogP contribution < -0.4 is 10.6 Å². The van der Waals surface area contributed by atoms with Crippen molar-refractivity contribution in [3.63, 3.8) is 0 Å². The van der Waals surface area contributed by atoms with Gasteiger partial charge in [0.05, 0.1) is 29.5 Å². The first kappa shape index (κ1) is 17.7. The van der Waals surface area contributed by atoms with Crippen LogP contribution in [0.4, 0.5) is 11.4 Å². The van der Waals surface area contributed by atoms with E-state index in [9.17, 15) is 8.42 Å². The average Bonchev–Trinajstić information content (AvgIpc) is 2.39. The smallest absolute Gasteiger partial charge is 0.177 e. The number of nitrogen functional groups attached to an aromatic ring is 1. The molecule has 0 radical (unpaired) electrons. The van der Waals surface area contributed by atoms with Crippen molar-refractivity contribution in [1.82, 2.24) is 0 Å². The first-order chi connectivity index (χ1) is 9.82. The Morgan fingerprint density at radius 2 is 1.95 bits per heavy atom. The number of nitrogens with zero attached hydrogens (tertiary/aromatic N) is 1. The second kappa shape index (κ2) is 7.63. The summed E-state index contributed by atoms with van der Waals surface area (Å²) in [6.07, 6.45) is 1.15. The van der Waals surface area contributed by atoms with Crippen LogP contribution in [0, 0.1) is 0 Å². The fraction of sp³-hybridized carbons (Fsp3) is 0.571. The Kier molecular flexibility index (Phi) is 6.44. The maximum atomic E-state index is 11.8. The number of anilines is 2. The molecule has 120 valence electrons. The molecule has 1 atom stereocenters. The second-order valence-corrected chi connectivity index (χ2v) is 6.94. The molecule has 0 fully saturated rings. The van der Waals surface area contributed by atoms with Crippen LogP contribution in [-0.4, -0.2) is 54.7 Å². The molecule has 0 saturated heterocycles. The number of methoxy groups -OCH3 is 2. The quantitative estimate of drug-likeness (QED) is 0.725. The van der Waals surface area contributed by atoms with Gasteiger partial charge in [-0.05, 0) is 19.1 Å². The molecular weight excluding hydrogens is 292 g/mol. The van der Waals surface area contributed by atoms with Gasteiger partial charge >= 0.3 is 0 Å². The number of benzene rings is 1. The van der Waals surface area contributed by atoms with Gasteiger partial charge in [-0.15, -0.1) is 0 Å². The number of ether oxygens (including phenoxy) is 2. The number of sulfone groups is 1. The third-order valence-electron chi connectivity index (χ3n) is 3.23. The lowest BCUT2D eigenvalue weighted by molar-refractivity contribution is 0.171. The molecule has 0 aliphatic carbocycles. The van der Waals surface area contributed by atoms with Crippen molar-refractivity contribution in [2.75, 3.05) is 50.9 Å². The Hall–Kier alpha value is -1.31. The highest BCUT2D eigenvalue weighted by Crippen LogP contribution is 2.31. The SMILES string of the molecule is COCCN(c1cccc(S(C)(=O)=O)c1N)C(C)COC. The third-order valence-corrected chi connectivity index (χ3v) is 4.38. The zero-order valence-corrected chi connectivity index (χ0v) is 13.8. The Balaban J connectivity index is 3.24. The molecule has 1 rings (SSSR count). The monoisotopic (exact) mass is 316 g/mol. The number of nitrogens with two attached hydrogens (primary N) is 1. The highest BCUT2D eigenvalue weighted by molar-refractivity contribution is 7.90. The van der Waals surface area contributed by atoms with Crippen LogP contribution in [-0.2, 0) is 19.3 Å². The van der Waals surface area contributed by atoms with Crippen LogP contribution in [0.15, 0.2) is 23.1 Å². The van der Waals surface area contributed by atoms with E-state index >= 15 is 0 Å². The van der Waals surface area contributed by atoms with Gasteiger partial charge in [-0.1, -0.05) is 6.07 Å². The summed E-state index contributed by atoms with van der Waals surface area (Å²) in [7, 11) is -0.115. The zero-order chi connectivity index (χ0) is 16.0. The Morgan fingerprint density at radius 1 is 1.29 bits per heavy atom. The van der Waals surface area contributed by atoms with Crippen LogP contribution in [0.25, 0.3) is 0 Å². The van der Waals surface area contributed by atoms with Crippen molar-refractivity contribution in [2.45, 2.75) is 17.9 Å². The molecule has 0 aliphatic heterocycles. The molecule has 0 saturated carbocycles. The number of para-hydroxylation sites is 1. The molecule has 0 aliphatic rings. The van der Waals surface area contributed by atoms with Gasteiger partial charge in [0.1, 0.15) is 0 Å². The highest BCUT2D eigenvalue weighted by Gasteiger charge is 2.21. The molecule has 0 bridgehead atoms. The van der Waals surface area contributed by atoms with E-state index < -0.39 is 9.84 Å². The predicted molar refractivity (Wildman–Crippen MR) is 84.5 cm³/mol. The Morgan fingerprint density at radius 3 is 2.48 bits per heavy atom. The van der Waals surface area contributed by atoms with Gasteiger partial charge in [0.2, 0.25) is 0 Å². The van der Waals surface area contributed by atoms with Gasteiger partial charge in [0.25, 0.3) is 0 Å². The summed E-state index contributed by atoms with van der Waals surface area (Å²) < 4.78 is 33.9. The van der Waals surface area contributed by atoms with Gasteiger partial charge in [-0.3, -0.25) is 0 Å². The largest absolute Gasteiger partial charge is 0.396 e. The molecular formula is C14H24N2O4S. The van der Waals surface area contributed by atoms with Gasteiger partial charge in [-0.2, -0.15) is 0 Å². The van der Waals surface area contributed by atoms with Crippen LogP contribution in [0.1, 0.15) is 6.92 Å². The van der Waals surface area contributed by atoms with E-state index in [1.54, 1.807) is 20.3 Å². The molecule has 2 N–H and O–H groups in total. The summed E-state index contributed by atoms with van der Waals surface area (Å²) in [4.78, 5) is 2.14. The molecule has 0 amide bonds. The van der Waals surface area contributed by atoms with Crippen molar-refractivity contribution in [1.29, 1.82) is 0 Å². The molecule has 7 heteroatoms. The van der Waals surface area contributed by atoms with Crippen molar-refractivity contribution in [2.24, 2.45) is 0 Å². The van der Waals surface area contributed by atoms with Crippen LogP contribution in [0.3, 0.4) is 0 Å². The van der Waals surface area contributed by atoms with E-state index in [1.807, 2.05) is 17.9 Å². The minimum atomic E-state index is -3.36. The second-order valence-electron chi connectivity index (χ2n) is 4.95. The topological polar surface area (TPSA) is 81.9 Å². The molecule has 6 nitrogen and oxygen atoms in total. The van der Waals surface area contributed by atoms with Crippen molar-refractivity contribution in [3.8, 4) is 0 Å². The summed E-state index contributed by atoms with van der Waals surface area (Å²) in [5, 5.41) is 0. The van der Waals surface area contributed by atoms with E-state index in [4.69, 9.17) is 15.2 Å². The van der Waals surface area contributed by atoms with Crippen molar-refractivity contribution < 1.29 is 17.9 Å². The number of hydrogen-bond donors (Lipinski definition) is 1. The minimum Gasteiger partial charge on any atom is -0.396 e. The van der Waals surface area contributed by atoms with E-state index in [-0.39, 0.29) is 16.6 Å². The predicted octanol–water partition coefficient (Wildman–Crippen LogP) is 1.16. The molecule has 0 spiro atoms. The number of hydrogen-bond acceptors (Lipinski definition) is 6. The lowest BCUT2D eigenvalue weighted by Crippen LogP contribution is -2.39. The van der Waals surface area contributed by atoms with Crippen LogP contribution in [0.2, 0.25) is 0 Å². The molecule has 0 heterocycles. The van der Waals surface area contributed by atoms with Crippen molar-refractivity contribution >= 4 is 21.2 Å². The average molecular weight is 316 g/mol. The summed E-state index contributed by atoms with van der Waals surface area (Å²) in [5.41, 5.74) is 7.02. The fourth-order valence-corrected chi connectivity index (χ4v) is 3.04. The fourth-order valence-electron chi connectivity index (χ4n) is 2.21. The Labute approximate surface area is 126 Å². The Bertz CT molecular complexity index is 560. The lowest BCUT2D eigenvalue weighted by Gasteiger charge is -2.32. The van der Waals surface area contributed by atoms with Crippen LogP contribution in [0.5, 0.6) is 0 Å². The lowest BCUT2D eigenvalue weighted by atomic mass is 10.2. The summed E-state index contributed by atoms with van der Waals surface area (Å²) in [6, 6.07) is 5.07. The van der Waals surface area contributed by atoms with Gasteiger partial charge in [0, 0.05) is 33.1 Å².